The van der Waals surface area contributed by atoms with E-state index < -0.39 is 11.9 Å². The lowest BCUT2D eigenvalue weighted by atomic mass is 9.72. The smallest absolute Gasteiger partial charge is 0.311 e. The maximum atomic E-state index is 11.5. The first-order valence-corrected chi connectivity index (χ1v) is 5.89. The van der Waals surface area contributed by atoms with E-state index in [1.807, 2.05) is 45.9 Å². The number of carboxylic acids is 1. The van der Waals surface area contributed by atoms with Crippen molar-refractivity contribution in [1.82, 2.24) is 0 Å². The van der Waals surface area contributed by atoms with Crippen molar-refractivity contribution < 1.29 is 9.90 Å². The van der Waals surface area contributed by atoms with E-state index in [9.17, 15) is 9.90 Å². The van der Waals surface area contributed by atoms with Gasteiger partial charge in [0.25, 0.3) is 0 Å². The van der Waals surface area contributed by atoms with Gasteiger partial charge in [0.15, 0.2) is 0 Å². The van der Waals surface area contributed by atoms with Crippen LogP contribution in [0, 0.1) is 12.3 Å². The molecule has 0 heterocycles. The molecule has 0 saturated carbocycles. The molecule has 0 aliphatic rings. The summed E-state index contributed by atoms with van der Waals surface area (Å²) >= 11 is 0. The second-order valence-electron chi connectivity index (χ2n) is 5.19. The number of nitrogen functional groups attached to an aromatic ring is 1. The molecule has 1 aromatic carbocycles. The lowest BCUT2D eigenvalue weighted by Gasteiger charge is -2.31. The summed E-state index contributed by atoms with van der Waals surface area (Å²) in [5, 5.41) is 9.45. The molecule has 0 amide bonds. The van der Waals surface area contributed by atoms with E-state index in [-0.39, 0.29) is 5.41 Å². The number of anilines is 1. The fourth-order valence-electron chi connectivity index (χ4n) is 2.05. The minimum absolute atomic E-state index is 0.312. The number of carboxylic acid groups (broad SMARTS) is 1. The number of benzene rings is 1. The Morgan fingerprint density at radius 1 is 1.47 bits per heavy atom. The van der Waals surface area contributed by atoms with E-state index in [0.29, 0.717) is 5.69 Å². The highest BCUT2D eigenvalue weighted by Crippen LogP contribution is 2.41. The van der Waals surface area contributed by atoms with Gasteiger partial charge in [-0.2, -0.15) is 0 Å². The van der Waals surface area contributed by atoms with Crippen LogP contribution in [-0.4, -0.2) is 11.1 Å². The molecule has 0 aliphatic carbocycles. The fourth-order valence-corrected chi connectivity index (χ4v) is 2.05. The van der Waals surface area contributed by atoms with Gasteiger partial charge in [-0.25, -0.2) is 0 Å². The van der Waals surface area contributed by atoms with E-state index in [2.05, 4.69) is 0 Å². The molecule has 0 saturated heterocycles. The Morgan fingerprint density at radius 3 is 2.53 bits per heavy atom. The third-order valence-electron chi connectivity index (χ3n) is 3.61. The van der Waals surface area contributed by atoms with Gasteiger partial charge in [-0.05, 0) is 29.9 Å². The van der Waals surface area contributed by atoms with Crippen LogP contribution in [-0.2, 0) is 4.79 Å². The molecule has 1 aromatic rings. The monoisotopic (exact) mass is 235 g/mol. The fraction of sp³-hybridized carbons (Fsp3) is 0.500. The van der Waals surface area contributed by atoms with Crippen LogP contribution in [0.4, 0.5) is 5.69 Å². The molecule has 3 nitrogen and oxygen atoms in total. The van der Waals surface area contributed by atoms with Crippen LogP contribution < -0.4 is 5.73 Å². The Bertz CT molecular complexity index is 424. The number of hydrogen-bond donors (Lipinski definition) is 2. The van der Waals surface area contributed by atoms with E-state index in [0.717, 1.165) is 17.5 Å². The zero-order valence-electron chi connectivity index (χ0n) is 10.9. The zero-order valence-corrected chi connectivity index (χ0v) is 10.9. The van der Waals surface area contributed by atoms with Crippen molar-refractivity contribution in [2.45, 2.75) is 40.0 Å². The number of nitrogens with two attached hydrogens (primary N) is 1. The summed E-state index contributed by atoms with van der Waals surface area (Å²) in [4.78, 5) is 11.5. The Labute approximate surface area is 103 Å². The minimum Gasteiger partial charge on any atom is -0.481 e. The minimum atomic E-state index is -0.811. The Balaban J connectivity index is 3.34. The Hall–Kier alpha value is -1.51. The van der Waals surface area contributed by atoms with Crippen molar-refractivity contribution >= 4 is 11.7 Å². The van der Waals surface area contributed by atoms with E-state index in [1.165, 1.54) is 0 Å². The van der Waals surface area contributed by atoms with Gasteiger partial charge in [0, 0.05) is 5.69 Å². The summed E-state index contributed by atoms with van der Waals surface area (Å²) in [7, 11) is 0. The van der Waals surface area contributed by atoms with Crippen LogP contribution in [0.2, 0.25) is 0 Å². The third-order valence-corrected chi connectivity index (χ3v) is 3.61. The second-order valence-corrected chi connectivity index (χ2v) is 5.19. The van der Waals surface area contributed by atoms with Gasteiger partial charge in [-0.1, -0.05) is 39.0 Å². The summed E-state index contributed by atoms with van der Waals surface area (Å²) in [6.45, 7) is 7.83. The quantitative estimate of drug-likeness (QED) is 0.788. The SMILES string of the molecule is CCC(C)(C)C(C(=O)O)c1cccc(C)c1N. The van der Waals surface area contributed by atoms with Crippen LogP contribution in [0.3, 0.4) is 0 Å². The van der Waals surface area contributed by atoms with Crippen molar-refractivity contribution in [2.24, 2.45) is 5.41 Å². The molecular formula is C14H21NO2. The van der Waals surface area contributed by atoms with Gasteiger partial charge in [0.05, 0.1) is 5.92 Å². The summed E-state index contributed by atoms with van der Waals surface area (Å²) in [6.07, 6.45) is 0.789. The zero-order chi connectivity index (χ0) is 13.2. The number of hydrogen-bond acceptors (Lipinski definition) is 2. The van der Waals surface area contributed by atoms with Gasteiger partial charge >= 0.3 is 5.97 Å². The van der Waals surface area contributed by atoms with E-state index in [1.54, 1.807) is 0 Å². The lowest BCUT2D eigenvalue weighted by molar-refractivity contribution is -0.141. The largest absolute Gasteiger partial charge is 0.481 e. The highest BCUT2D eigenvalue weighted by molar-refractivity contribution is 5.80. The molecule has 3 N–H and O–H groups in total. The molecule has 0 bridgehead atoms. The third kappa shape index (κ3) is 2.60. The Kier molecular flexibility index (Phi) is 3.81. The van der Waals surface area contributed by atoms with Crippen molar-refractivity contribution in [3.8, 4) is 0 Å². The van der Waals surface area contributed by atoms with Gasteiger partial charge in [-0.3, -0.25) is 4.79 Å². The molecule has 1 atom stereocenters. The van der Waals surface area contributed by atoms with Crippen LogP contribution in [0.15, 0.2) is 18.2 Å². The normalized spacial score (nSPS) is 13.4. The first-order chi connectivity index (χ1) is 7.81. The average Bonchev–Trinajstić information content (AvgIpc) is 2.24. The van der Waals surface area contributed by atoms with Crippen LogP contribution in [0.5, 0.6) is 0 Å². The van der Waals surface area contributed by atoms with Gasteiger partial charge < -0.3 is 10.8 Å². The standard InChI is InChI=1S/C14H21NO2/c1-5-14(3,4)11(13(16)17)10-8-6-7-9(2)12(10)15/h6-8,11H,5,15H2,1-4H3,(H,16,17). The Morgan fingerprint density at radius 2 is 2.06 bits per heavy atom. The molecule has 17 heavy (non-hydrogen) atoms. The topological polar surface area (TPSA) is 63.3 Å². The molecule has 0 aromatic heterocycles. The van der Waals surface area contributed by atoms with Gasteiger partial charge in [0.2, 0.25) is 0 Å². The molecule has 0 spiro atoms. The van der Waals surface area contributed by atoms with Crippen molar-refractivity contribution in [3.63, 3.8) is 0 Å². The summed E-state index contributed by atoms with van der Waals surface area (Å²) < 4.78 is 0. The van der Waals surface area contributed by atoms with E-state index in [4.69, 9.17) is 5.73 Å². The average molecular weight is 235 g/mol. The molecule has 0 aliphatic heterocycles. The van der Waals surface area contributed by atoms with Crippen molar-refractivity contribution in [3.05, 3.63) is 29.3 Å². The predicted molar refractivity (Wildman–Crippen MR) is 70.0 cm³/mol. The first kappa shape index (κ1) is 13.6. The van der Waals surface area contributed by atoms with Crippen molar-refractivity contribution in [1.29, 1.82) is 0 Å². The lowest BCUT2D eigenvalue weighted by Crippen LogP contribution is -2.29. The number of carbonyl (C=O) groups is 1. The number of aliphatic carboxylic acids is 1. The van der Waals surface area contributed by atoms with Crippen molar-refractivity contribution in [2.75, 3.05) is 5.73 Å². The molecule has 1 unspecified atom stereocenters. The predicted octanol–water partition coefficient (Wildman–Crippen LogP) is 3.18. The highest BCUT2D eigenvalue weighted by atomic mass is 16.4. The van der Waals surface area contributed by atoms with Gasteiger partial charge in [-0.15, -0.1) is 0 Å². The first-order valence-electron chi connectivity index (χ1n) is 5.89. The van der Waals surface area contributed by atoms with Crippen LogP contribution in [0.1, 0.15) is 44.2 Å². The highest BCUT2D eigenvalue weighted by Gasteiger charge is 2.36. The number of aryl methyl sites for hydroxylation is 1. The molecule has 3 heteroatoms. The number of rotatable bonds is 4. The molecular weight excluding hydrogens is 214 g/mol. The maximum Gasteiger partial charge on any atom is 0.311 e. The van der Waals surface area contributed by atoms with Crippen LogP contribution in [0.25, 0.3) is 0 Å². The summed E-state index contributed by atoms with van der Waals surface area (Å²) in [5.41, 5.74) is 7.95. The molecule has 94 valence electrons. The maximum absolute atomic E-state index is 11.5. The van der Waals surface area contributed by atoms with Gasteiger partial charge in [0.1, 0.15) is 0 Å². The van der Waals surface area contributed by atoms with Crippen LogP contribution >= 0.6 is 0 Å². The number of para-hydroxylation sites is 1. The second kappa shape index (κ2) is 4.78. The summed E-state index contributed by atoms with van der Waals surface area (Å²) in [6, 6.07) is 5.58. The molecule has 0 fully saturated rings. The molecule has 0 radical (unpaired) electrons. The molecule has 1 rings (SSSR count). The summed E-state index contributed by atoms with van der Waals surface area (Å²) in [5.74, 6) is -1.37. The van der Waals surface area contributed by atoms with E-state index >= 15 is 0 Å².